The highest BCUT2D eigenvalue weighted by molar-refractivity contribution is 5.07. The van der Waals surface area contributed by atoms with Crippen molar-refractivity contribution in [1.82, 2.24) is 20.1 Å². The second-order valence-corrected chi connectivity index (χ2v) is 5.02. The van der Waals surface area contributed by atoms with Crippen molar-refractivity contribution in [3.8, 4) is 0 Å². The van der Waals surface area contributed by atoms with Gasteiger partial charge in [0.1, 0.15) is 11.6 Å². The third-order valence-corrected chi connectivity index (χ3v) is 3.66. The average molecular weight is 222 g/mol. The van der Waals surface area contributed by atoms with Crippen LogP contribution < -0.4 is 5.32 Å². The second kappa shape index (κ2) is 4.53. The normalized spacial score (nSPS) is 22.2. The summed E-state index contributed by atoms with van der Waals surface area (Å²) < 4.78 is 2.31. The van der Waals surface area contributed by atoms with Crippen molar-refractivity contribution in [2.45, 2.75) is 52.6 Å². The zero-order valence-corrected chi connectivity index (χ0v) is 10.7. The summed E-state index contributed by atoms with van der Waals surface area (Å²) in [6.07, 6.45) is 1.08. The van der Waals surface area contributed by atoms with E-state index in [1.54, 1.807) is 0 Å². The molecule has 90 valence electrons. The molecule has 2 unspecified atom stereocenters. The highest BCUT2D eigenvalue weighted by Gasteiger charge is 2.26. The zero-order valence-electron chi connectivity index (χ0n) is 10.7. The molecular formula is C12H22N4. The molecule has 16 heavy (non-hydrogen) atoms. The largest absolute Gasteiger partial charge is 0.312 e. The summed E-state index contributed by atoms with van der Waals surface area (Å²) in [5, 5.41) is 12.2. The van der Waals surface area contributed by atoms with E-state index in [2.05, 4.69) is 47.8 Å². The van der Waals surface area contributed by atoms with Crippen LogP contribution >= 0.6 is 0 Å². The van der Waals surface area contributed by atoms with Crippen LogP contribution in [-0.4, -0.2) is 21.3 Å². The summed E-state index contributed by atoms with van der Waals surface area (Å²) in [7, 11) is 0. The van der Waals surface area contributed by atoms with Crippen LogP contribution in [0.1, 0.15) is 57.7 Å². The Morgan fingerprint density at radius 2 is 2.12 bits per heavy atom. The SMILES string of the molecule is CCC1NCCn2c1nnc2C(C)C(C)C. The number of rotatable bonds is 3. The van der Waals surface area contributed by atoms with E-state index >= 15 is 0 Å². The van der Waals surface area contributed by atoms with Crippen LogP contribution in [-0.2, 0) is 6.54 Å². The summed E-state index contributed by atoms with van der Waals surface area (Å²) in [5.41, 5.74) is 0. The fraction of sp³-hybridized carbons (Fsp3) is 0.833. The van der Waals surface area contributed by atoms with Crippen LogP contribution in [0.3, 0.4) is 0 Å². The highest BCUT2D eigenvalue weighted by atomic mass is 15.3. The van der Waals surface area contributed by atoms with Crippen molar-refractivity contribution in [3.05, 3.63) is 11.6 Å². The summed E-state index contributed by atoms with van der Waals surface area (Å²) in [5.74, 6) is 3.38. The molecule has 0 aromatic carbocycles. The fourth-order valence-electron chi connectivity index (χ4n) is 2.22. The number of hydrogen-bond donors (Lipinski definition) is 1. The first-order valence-corrected chi connectivity index (χ1v) is 6.31. The molecule has 0 radical (unpaired) electrons. The molecule has 2 atom stereocenters. The molecule has 1 aliphatic rings. The maximum Gasteiger partial charge on any atom is 0.150 e. The van der Waals surface area contributed by atoms with E-state index in [1.807, 2.05) is 0 Å². The lowest BCUT2D eigenvalue weighted by Crippen LogP contribution is -2.34. The highest BCUT2D eigenvalue weighted by Crippen LogP contribution is 2.26. The van der Waals surface area contributed by atoms with Gasteiger partial charge >= 0.3 is 0 Å². The van der Waals surface area contributed by atoms with Crippen molar-refractivity contribution in [2.24, 2.45) is 5.92 Å². The Bertz CT molecular complexity index is 356. The van der Waals surface area contributed by atoms with E-state index in [4.69, 9.17) is 0 Å². The Labute approximate surface area is 97.5 Å². The lowest BCUT2D eigenvalue weighted by atomic mass is 9.97. The second-order valence-electron chi connectivity index (χ2n) is 5.02. The number of nitrogens with one attached hydrogen (secondary N) is 1. The number of hydrogen-bond acceptors (Lipinski definition) is 3. The number of nitrogens with zero attached hydrogens (tertiary/aromatic N) is 3. The van der Waals surface area contributed by atoms with Gasteiger partial charge in [-0.1, -0.05) is 27.7 Å². The van der Waals surface area contributed by atoms with Crippen molar-refractivity contribution in [2.75, 3.05) is 6.54 Å². The smallest absolute Gasteiger partial charge is 0.150 e. The molecule has 0 aliphatic carbocycles. The minimum absolute atomic E-state index is 0.384. The van der Waals surface area contributed by atoms with Crippen molar-refractivity contribution < 1.29 is 0 Å². The Morgan fingerprint density at radius 1 is 1.38 bits per heavy atom. The molecule has 1 aromatic heterocycles. The first-order valence-electron chi connectivity index (χ1n) is 6.31. The maximum absolute atomic E-state index is 4.39. The van der Waals surface area contributed by atoms with Gasteiger partial charge in [0.25, 0.3) is 0 Å². The molecule has 4 nitrogen and oxygen atoms in total. The Hall–Kier alpha value is -0.900. The molecule has 2 rings (SSSR count). The van der Waals surface area contributed by atoms with Crippen LogP contribution in [0.5, 0.6) is 0 Å². The van der Waals surface area contributed by atoms with Crippen LogP contribution in [0.25, 0.3) is 0 Å². The van der Waals surface area contributed by atoms with Gasteiger partial charge in [0, 0.05) is 19.0 Å². The summed E-state index contributed by atoms with van der Waals surface area (Å²) in [6, 6.07) is 0.384. The minimum atomic E-state index is 0.384. The maximum atomic E-state index is 4.39. The van der Waals surface area contributed by atoms with Gasteiger partial charge in [0.15, 0.2) is 0 Å². The van der Waals surface area contributed by atoms with Crippen molar-refractivity contribution in [3.63, 3.8) is 0 Å². The standard InChI is InChI=1S/C12H22N4/c1-5-10-12-15-14-11(9(4)8(2)3)16(12)7-6-13-10/h8-10,13H,5-7H2,1-4H3. The van der Waals surface area contributed by atoms with Crippen LogP contribution in [0, 0.1) is 5.92 Å². The van der Waals surface area contributed by atoms with Crippen LogP contribution in [0.4, 0.5) is 0 Å². The van der Waals surface area contributed by atoms with E-state index in [0.29, 0.717) is 17.9 Å². The van der Waals surface area contributed by atoms with E-state index in [-0.39, 0.29) is 0 Å². The Kier molecular flexibility index (Phi) is 3.28. The van der Waals surface area contributed by atoms with Gasteiger partial charge in [0.05, 0.1) is 6.04 Å². The first-order chi connectivity index (χ1) is 7.65. The van der Waals surface area contributed by atoms with E-state index in [9.17, 15) is 0 Å². The van der Waals surface area contributed by atoms with Gasteiger partial charge in [-0.25, -0.2) is 0 Å². The molecule has 2 heterocycles. The third kappa shape index (κ3) is 1.86. The van der Waals surface area contributed by atoms with Gasteiger partial charge in [0.2, 0.25) is 0 Å². The molecule has 0 fully saturated rings. The third-order valence-electron chi connectivity index (χ3n) is 3.66. The Morgan fingerprint density at radius 3 is 2.75 bits per heavy atom. The van der Waals surface area contributed by atoms with Crippen molar-refractivity contribution >= 4 is 0 Å². The molecule has 0 amide bonds. The average Bonchev–Trinajstić information content (AvgIpc) is 2.71. The van der Waals surface area contributed by atoms with Crippen molar-refractivity contribution in [1.29, 1.82) is 0 Å². The topological polar surface area (TPSA) is 42.7 Å². The lowest BCUT2D eigenvalue weighted by molar-refractivity contribution is 0.387. The summed E-state index contributed by atoms with van der Waals surface area (Å²) >= 11 is 0. The van der Waals surface area contributed by atoms with E-state index in [1.165, 1.54) is 0 Å². The summed E-state index contributed by atoms with van der Waals surface area (Å²) in [4.78, 5) is 0. The quantitative estimate of drug-likeness (QED) is 0.851. The lowest BCUT2D eigenvalue weighted by Gasteiger charge is -2.25. The number of aromatic nitrogens is 3. The van der Waals surface area contributed by atoms with Gasteiger partial charge in [-0.2, -0.15) is 0 Å². The van der Waals surface area contributed by atoms with Gasteiger partial charge < -0.3 is 9.88 Å². The minimum Gasteiger partial charge on any atom is -0.312 e. The fourth-order valence-corrected chi connectivity index (χ4v) is 2.22. The van der Waals surface area contributed by atoms with E-state index < -0.39 is 0 Å². The number of fused-ring (bicyclic) bond motifs is 1. The van der Waals surface area contributed by atoms with Gasteiger partial charge in [-0.15, -0.1) is 10.2 Å². The molecule has 1 aromatic rings. The predicted molar refractivity (Wildman–Crippen MR) is 64.3 cm³/mol. The zero-order chi connectivity index (χ0) is 11.7. The molecule has 0 saturated carbocycles. The molecule has 0 bridgehead atoms. The Balaban J connectivity index is 2.33. The molecular weight excluding hydrogens is 200 g/mol. The molecule has 1 N–H and O–H groups in total. The molecule has 4 heteroatoms. The molecule has 1 aliphatic heterocycles. The van der Waals surface area contributed by atoms with Gasteiger partial charge in [-0.3, -0.25) is 0 Å². The van der Waals surface area contributed by atoms with Crippen LogP contribution in [0.2, 0.25) is 0 Å². The first kappa shape index (κ1) is 11.6. The van der Waals surface area contributed by atoms with E-state index in [0.717, 1.165) is 31.2 Å². The molecule has 0 saturated heterocycles. The predicted octanol–water partition coefficient (Wildman–Crippen LogP) is 2.09. The molecule has 0 spiro atoms. The monoisotopic (exact) mass is 222 g/mol. The van der Waals surface area contributed by atoms with Crippen LogP contribution in [0.15, 0.2) is 0 Å². The van der Waals surface area contributed by atoms with Gasteiger partial charge in [-0.05, 0) is 12.3 Å². The summed E-state index contributed by atoms with van der Waals surface area (Å²) in [6.45, 7) is 10.9.